The van der Waals surface area contributed by atoms with Crippen molar-refractivity contribution in [3.8, 4) is 0 Å². The third kappa shape index (κ3) is 3.55. The van der Waals surface area contributed by atoms with Crippen molar-refractivity contribution >= 4 is 11.9 Å². The van der Waals surface area contributed by atoms with Gasteiger partial charge in [0.15, 0.2) is 0 Å². The van der Waals surface area contributed by atoms with Crippen LogP contribution in [0.25, 0.3) is 0 Å². The number of aliphatic carboxylic acids is 1. The molecule has 1 aromatic heterocycles. The van der Waals surface area contributed by atoms with Crippen molar-refractivity contribution < 1.29 is 14.7 Å². The molecule has 18 heavy (non-hydrogen) atoms. The summed E-state index contributed by atoms with van der Waals surface area (Å²) in [5.41, 5.74) is 1.12. The average molecular weight is 250 g/mol. The maximum Gasteiger partial charge on any atom is 0.326 e. The smallest absolute Gasteiger partial charge is 0.326 e. The van der Waals surface area contributed by atoms with Gasteiger partial charge in [0.2, 0.25) is 0 Å². The highest BCUT2D eigenvalue weighted by atomic mass is 16.4. The zero-order valence-corrected chi connectivity index (χ0v) is 10.6. The Kier molecular flexibility index (Phi) is 5.30. The summed E-state index contributed by atoms with van der Waals surface area (Å²) in [6, 6.07) is 2.72. The van der Waals surface area contributed by atoms with Gasteiger partial charge in [-0.25, -0.2) is 4.79 Å². The van der Waals surface area contributed by atoms with E-state index in [1.54, 1.807) is 6.07 Å². The van der Waals surface area contributed by atoms with Crippen molar-refractivity contribution in [2.24, 2.45) is 0 Å². The Morgan fingerprint density at radius 1 is 1.44 bits per heavy atom. The topological polar surface area (TPSA) is 79.3 Å². The fraction of sp³-hybridized carbons (Fsp3) is 0.462. The fourth-order valence-corrected chi connectivity index (χ4v) is 1.70. The Hall–Kier alpha value is -1.91. The van der Waals surface area contributed by atoms with E-state index in [1.807, 2.05) is 19.9 Å². The number of pyridine rings is 1. The lowest BCUT2D eigenvalue weighted by molar-refractivity contribution is -0.139. The highest BCUT2D eigenvalue weighted by Gasteiger charge is 2.21. The standard InChI is InChI=1S/C13H18N2O3/c1-3-6-10(13(17)18)15-12(16)11-9(4-2)7-5-8-14-11/h5,7-8,10H,3-4,6H2,1-2H3,(H,15,16)(H,17,18). The number of aromatic nitrogens is 1. The number of rotatable bonds is 6. The molecule has 0 aliphatic heterocycles. The number of hydrogen-bond acceptors (Lipinski definition) is 3. The summed E-state index contributed by atoms with van der Waals surface area (Å²) in [4.78, 5) is 27.0. The van der Waals surface area contributed by atoms with Crippen molar-refractivity contribution in [1.29, 1.82) is 0 Å². The number of nitrogens with zero attached hydrogens (tertiary/aromatic N) is 1. The van der Waals surface area contributed by atoms with Crippen LogP contribution >= 0.6 is 0 Å². The van der Waals surface area contributed by atoms with Gasteiger partial charge in [-0.3, -0.25) is 9.78 Å². The van der Waals surface area contributed by atoms with E-state index in [2.05, 4.69) is 10.3 Å². The van der Waals surface area contributed by atoms with Crippen LogP contribution in [0.4, 0.5) is 0 Å². The molecule has 5 nitrogen and oxygen atoms in total. The van der Waals surface area contributed by atoms with Crippen molar-refractivity contribution in [2.45, 2.75) is 39.2 Å². The van der Waals surface area contributed by atoms with Crippen LogP contribution in [0.5, 0.6) is 0 Å². The Morgan fingerprint density at radius 2 is 2.17 bits per heavy atom. The lowest BCUT2D eigenvalue weighted by Gasteiger charge is -2.14. The highest BCUT2D eigenvalue weighted by molar-refractivity contribution is 5.96. The van der Waals surface area contributed by atoms with E-state index in [-0.39, 0.29) is 0 Å². The average Bonchev–Trinajstić information content (AvgIpc) is 2.37. The first kappa shape index (κ1) is 14.2. The van der Waals surface area contributed by atoms with Crippen LogP contribution in [0.3, 0.4) is 0 Å². The lowest BCUT2D eigenvalue weighted by atomic mass is 10.1. The Bertz CT molecular complexity index is 432. The van der Waals surface area contributed by atoms with E-state index >= 15 is 0 Å². The molecular formula is C13H18N2O3. The SMILES string of the molecule is CCCC(NC(=O)c1ncccc1CC)C(=O)O. The molecule has 98 valence electrons. The maximum absolute atomic E-state index is 12.0. The van der Waals surface area contributed by atoms with Gasteiger partial charge in [0, 0.05) is 6.20 Å². The second kappa shape index (κ2) is 6.74. The summed E-state index contributed by atoms with van der Waals surface area (Å²) < 4.78 is 0. The number of amides is 1. The number of carbonyl (C=O) groups excluding carboxylic acids is 1. The minimum Gasteiger partial charge on any atom is -0.480 e. The molecule has 1 atom stereocenters. The van der Waals surface area contributed by atoms with Crippen LogP contribution in [0.2, 0.25) is 0 Å². The molecule has 2 N–H and O–H groups in total. The molecule has 1 amide bonds. The molecule has 0 bridgehead atoms. The molecule has 1 unspecified atom stereocenters. The van der Waals surface area contributed by atoms with Gasteiger partial charge in [-0.2, -0.15) is 0 Å². The van der Waals surface area contributed by atoms with Gasteiger partial charge in [-0.15, -0.1) is 0 Å². The monoisotopic (exact) mass is 250 g/mol. The molecule has 0 aromatic carbocycles. The van der Waals surface area contributed by atoms with Gasteiger partial charge < -0.3 is 10.4 Å². The molecule has 0 saturated heterocycles. The first-order chi connectivity index (χ1) is 8.60. The van der Waals surface area contributed by atoms with Crippen molar-refractivity contribution in [2.75, 3.05) is 0 Å². The molecule has 1 heterocycles. The second-order valence-electron chi connectivity index (χ2n) is 4.02. The van der Waals surface area contributed by atoms with Crippen molar-refractivity contribution in [3.05, 3.63) is 29.6 Å². The van der Waals surface area contributed by atoms with Crippen LogP contribution in [0, 0.1) is 0 Å². The maximum atomic E-state index is 12.0. The lowest BCUT2D eigenvalue weighted by Crippen LogP contribution is -2.41. The zero-order valence-electron chi connectivity index (χ0n) is 10.6. The third-order valence-electron chi connectivity index (χ3n) is 2.67. The predicted octanol–water partition coefficient (Wildman–Crippen LogP) is 1.63. The summed E-state index contributed by atoms with van der Waals surface area (Å²) in [6.45, 7) is 3.80. The summed E-state index contributed by atoms with van der Waals surface area (Å²) in [5, 5.41) is 11.5. The fourth-order valence-electron chi connectivity index (χ4n) is 1.70. The van der Waals surface area contributed by atoms with Gasteiger partial charge in [0.05, 0.1) is 0 Å². The molecule has 0 saturated carbocycles. The van der Waals surface area contributed by atoms with Crippen LogP contribution in [-0.4, -0.2) is 28.0 Å². The number of nitrogens with one attached hydrogen (secondary N) is 1. The van der Waals surface area contributed by atoms with Crippen molar-refractivity contribution in [1.82, 2.24) is 10.3 Å². The number of carboxylic acids is 1. The second-order valence-corrected chi connectivity index (χ2v) is 4.02. The third-order valence-corrected chi connectivity index (χ3v) is 2.67. The van der Waals surface area contributed by atoms with Crippen LogP contribution in [0.1, 0.15) is 42.7 Å². The molecule has 0 aliphatic carbocycles. The van der Waals surface area contributed by atoms with E-state index in [9.17, 15) is 9.59 Å². The van der Waals surface area contributed by atoms with Gasteiger partial charge in [-0.1, -0.05) is 26.3 Å². The van der Waals surface area contributed by atoms with Gasteiger partial charge in [-0.05, 0) is 24.5 Å². The van der Waals surface area contributed by atoms with Crippen molar-refractivity contribution in [3.63, 3.8) is 0 Å². The highest BCUT2D eigenvalue weighted by Crippen LogP contribution is 2.07. The van der Waals surface area contributed by atoms with E-state index < -0.39 is 17.9 Å². The summed E-state index contributed by atoms with van der Waals surface area (Å²) in [5.74, 6) is -1.44. The normalized spacial score (nSPS) is 11.9. The number of carbonyl (C=O) groups is 2. The zero-order chi connectivity index (χ0) is 13.5. The number of hydrogen-bond donors (Lipinski definition) is 2. The largest absolute Gasteiger partial charge is 0.480 e. The quantitative estimate of drug-likeness (QED) is 0.804. The van der Waals surface area contributed by atoms with E-state index in [0.29, 0.717) is 25.0 Å². The van der Waals surface area contributed by atoms with Crippen LogP contribution in [0.15, 0.2) is 18.3 Å². The first-order valence-corrected chi connectivity index (χ1v) is 6.07. The van der Waals surface area contributed by atoms with E-state index in [0.717, 1.165) is 5.56 Å². The molecule has 5 heteroatoms. The minimum atomic E-state index is -1.01. The molecule has 0 aliphatic rings. The Labute approximate surface area is 106 Å². The van der Waals surface area contributed by atoms with E-state index in [4.69, 9.17) is 5.11 Å². The van der Waals surface area contributed by atoms with Crippen LogP contribution < -0.4 is 5.32 Å². The number of aryl methyl sites for hydroxylation is 1. The molecule has 0 spiro atoms. The molecule has 1 aromatic rings. The van der Waals surface area contributed by atoms with E-state index in [1.165, 1.54) is 6.20 Å². The summed E-state index contributed by atoms with van der Waals surface area (Å²) in [6.07, 6.45) is 3.32. The van der Waals surface area contributed by atoms with Gasteiger partial charge in [0.1, 0.15) is 11.7 Å². The first-order valence-electron chi connectivity index (χ1n) is 6.07. The molecule has 0 radical (unpaired) electrons. The Balaban J connectivity index is 2.83. The molecule has 1 rings (SSSR count). The van der Waals surface area contributed by atoms with Gasteiger partial charge >= 0.3 is 5.97 Å². The number of carboxylic acid groups (broad SMARTS) is 1. The summed E-state index contributed by atoms with van der Waals surface area (Å²) in [7, 11) is 0. The Morgan fingerprint density at radius 3 is 2.72 bits per heavy atom. The minimum absolute atomic E-state index is 0.308. The predicted molar refractivity (Wildman–Crippen MR) is 67.4 cm³/mol. The summed E-state index contributed by atoms with van der Waals surface area (Å²) >= 11 is 0. The molecular weight excluding hydrogens is 232 g/mol. The van der Waals surface area contributed by atoms with Crippen LogP contribution in [-0.2, 0) is 11.2 Å². The van der Waals surface area contributed by atoms with Gasteiger partial charge in [0.25, 0.3) is 5.91 Å². The molecule has 0 fully saturated rings.